The van der Waals surface area contributed by atoms with Crippen LogP contribution in [0.1, 0.15) is 44.0 Å². The van der Waals surface area contributed by atoms with Crippen molar-refractivity contribution in [3.8, 4) is 17.2 Å². The molecule has 6 rings (SSSR count). The smallest absolute Gasteiger partial charge is 0.237 e. The number of aliphatic hydroxyl groups is 1. The molecular formula is C31H35FN8O5. The number of carbonyl (C=O) groups excluding carboxylic acids is 1. The van der Waals surface area contributed by atoms with Crippen LogP contribution in [0.15, 0.2) is 42.7 Å². The maximum atomic E-state index is 14.9. The van der Waals surface area contributed by atoms with Crippen molar-refractivity contribution in [2.24, 2.45) is 0 Å². The van der Waals surface area contributed by atoms with E-state index in [0.29, 0.717) is 65.0 Å². The van der Waals surface area contributed by atoms with Crippen molar-refractivity contribution in [3.63, 3.8) is 0 Å². The lowest BCUT2D eigenvalue weighted by Gasteiger charge is -2.30. The third-order valence-corrected chi connectivity index (χ3v) is 7.72. The molecule has 1 aliphatic heterocycles. The highest BCUT2D eigenvalue weighted by atomic mass is 19.1. The van der Waals surface area contributed by atoms with Gasteiger partial charge in [-0.1, -0.05) is 0 Å². The Morgan fingerprint density at radius 1 is 1.09 bits per heavy atom. The quantitative estimate of drug-likeness (QED) is 0.237. The van der Waals surface area contributed by atoms with Crippen LogP contribution in [-0.2, 0) is 17.9 Å². The zero-order valence-corrected chi connectivity index (χ0v) is 25.7. The Morgan fingerprint density at radius 2 is 1.89 bits per heavy atom. The molecule has 1 saturated heterocycles. The van der Waals surface area contributed by atoms with Gasteiger partial charge in [-0.25, -0.2) is 14.4 Å². The van der Waals surface area contributed by atoms with Crippen LogP contribution in [0, 0.1) is 5.82 Å². The summed E-state index contributed by atoms with van der Waals surface area (Å²) >= 11 is 0. The highest BCUT2D eigenvalue weighted by Crippen LogP contribution is 2.33. The van der Waals surface area contributed by atoms with Gasteiger partial charge in [-0.15, -0.1) is 5.10 Å². The van der Waals surface area contributed by atoms with Crippen molar-refractivity contribution in [3.05, 3.63) is 59.9 Å². The predicted octanol–water partition coefficient (Wildman–Crippen LogP) is 3.93. The predicted molar refractivity (Wildman–Crippen MR) is 165 cm³/mol. The molecule has 2 N–H and O–H groups in total. The minimum Gasteiger partial charge on any atom is -0.497 e. The van der Waals surface area contributed by atoms with Gasteiger partial charge in [0.25, 0.3) is 0 Å². The Hall–Kier alpha value is -4.98. The average molecular weight is 619 g/mol. The van der Waals surface area contributed by atoms with Crippen LogP contribution >= 0.6 is 0 Å². The van der Waals surface area contributed by atoms with Crippen LogP contribution in [0.2, 0.25) is 0 Å². The van der Waals surface area contributed by atoms with E-state index in [-0.39, 0.29) is 18.2 Å². The summed E-state index contributed by atoms with van der Waals surface area (Å²) < 4.78 is 34.1. The number of piperidine rings is 1. The second-order valence-corrected chi connectivity index (χ2v) is 11.6. The number of nitrogens with one attached hydrogen (secondary N) is 1. The van der Waals surface area contributed by atoms with Crippen molar-refractivity contribution in [1.82, 2.24) is 29.4 Å². The minimum absolute atomic E-state index is 0.0464. The zero-order chi connectivity index (χ0) is 31.9. The molecule has 0 spiro atoms. The van der Waals surface area contributed by atoms with Gasteiger partial charge in [-0.3, -0.25) is 9.48 Å². The molecule has 14 heteroatoms. The van der Waals surface area contributed by atoms with Crippen LogP contribution in [0.3, 0.4) is 0 Å². The number of ether oxygens (including phenoxy) is 3. The average Bonchev–Trinajstić information content (AvgIpc) is 3.67. The van der Waals surface area contributed by atoms with E-state index < -0.39 is 17.3 Å². The molecule has 1 unspecified atom stereocenters. The van der Waals surface area contributed by atoms with Crippen LogP contribution < -0.4 is 24.4 Å². The first-order valence-corrected chi connectivity index (χ1v) is 14.5. The van der Waals surface area contributed by atoms with Crippen molar-refractivity contribution < 1.29 is 28.5 Å². The van der Waals surface area contributed by atoms with Crippen molar-refractivity contribution >= 4 is 34.1 Å². The molecule has 1 aliphatic rings. The van der Waals surface area contributed by atoms with Gasteiger partial charge in [0, 0.05) is 42.4 Å². The van der Waals surface area contributed by atoms with Gasteiger partial charge in [0.05, 0.1) is 50.9 Å². The second-order valence-electron chi connectivity index (χ2n) is 11.6. The molecule has 0 radical (unpaired) electrons. The number of hydrogen-bond acceptors (Lipinski definition) is 10. The molecule has 3 aromatic heterocycles. The second kappa shape index (κ2) is 11.8. The Balaban J connectivity index is 1.38. The van der Waals surface area contributed by atoms with E-state index in [1.54, 1.807) is 56.1 Å². The summed E-state index contributed by atoms with van der Waals surface area (Å²) in [4.78, 5) is 25.0. The summed E-state index contributed by atoms with van der Waals surface area (Å²) in [7, 11) is 4.56. The molecule has 1 atom stereocenters. The number of carbonyl (C=O) groups is 1. The number of fused-ring (bicyclic) bond motifs is 3. The van der Waals surface area contributed by atoms with Gasteiger partial charge >= 0.3 is 0 Å². The fourth-order valence-electron chi connectivity index (χ4n) is 5.56. The van der Waals surface area contributed by atoms with E-state index >= 15 is 0 Å². The summed E-state index contributed by atoms with van der Waals surface area (Å²) in [5.74, 6) is 0.620. The third kappa shape index (κ3) is 5.92. The molecule has 4 heterocycles. The van der Waals surface area contributed by atoms with Crippen LogP contribution in [0.5, 0.6) is 17.2 Å². The lowest BCUT2D eigenvalue weighted by atomic mass is 9.96. The van der Waals surface area contributed by atoms with E-state index in [1.165, 1.54) is 23.8 Å². The summed E-state index contributed by atoms with van der Waals surface area (Å²) in [6.07, 6.45) is 4.63. The maximum Gasteiger partial charge on any atom is 0.237 e. The first-order chi connectivity index (χ1) is 21.6. The van der Waals surface area contributed by atoms with Gasteiger partial charge < -0.3 is 29.5 Å². The van der Waals surface area contributed by atoms with E-state index in [2.05, 4.69) is 10.4 Å². The van der Waals surface area contributed by atoms with E-state index in [9.17, 15) is 14.3 Å². The minimum atomic E-state index is -0.956. The lowest BCUT2D eigenvalue weighted by Crippen LogP contribution is -2.40. The van der Waals surface area contributed by atoms with Crippen molar-refractivity contribution in [1.29, 1.82) is 0 Å². The fourth-order valence-corrected chi connectivity index (χ4v) is 5.56. The highest BCUT2D eigenvalue weighted by molar-refractivity contribution is 5.99. The molecule has 13 nitrogen and oxygen atoms in total. The van der Waals surface area contributed by atoms with Gasteiger partial charge in [-0.2, -0.15) is 9.61 Å². The first kappa shape index (κ1) is 30.1. The maximum absolute atomic E-state index is 14.9. The number of rotatable bonds is 10. The Morgan fingerprint density at radius 3 is 2.62 bits per heavy atom. The summed E-state index contributed by atoms with van der Waals surface area (Å²) in [6, 6.07) is 8.33. The monoisotopic (exact) mass is 618 g/mol. The summed E-state index contributed by atoms with van der Waals surface area (Å²) in [5, 5.41) is 23.0. The lowest BCUT2D eigenvalue weighted by molar-refractivity contribution is -0.121. The molecular weight excluding hydrogens is 583 g/mol. The molecule has 0 saturated carbocycles. The number of aromatic nitrogens is 6. The molecule has 1 amide bonds. The van der Waals surface area contributed by atoms with E-state index in [4.69, 9.17) is 29.3 Å². The largest absolute Gasteiger partial charge is 0.497 e. The highest BCUT2D eigenvalue weighted by Gasteiger charge is 2.35. The molecule has 0 bridgehead atoms. The van der Waals surface area contributed by atoms with Crippen LogP contribution in [-0.4, -0.2) is 73.9 Å². The molecule has 5 aromatic rings. The molecule has 0 aliphatic carbocycles. The Kier molecular flexibility index (Phi) is 7.91. The van der Waals surface area contributed by atoms with Gasteiger partial charge in [0.2, 0.25) is 11.9 Å². The van der Waals surface area contributed by atoms with E-state index in [0.717, 1.165) is 12.0 Å². The fraction of sp³-hybridized carbons (Fsp3) is 0.387. The van der Waals surface area contributed by atoms with Gasteiger partial charge in [0.1, 0.15) is 17.4 Å². The number of anilines is 2. The van der Waals surface area contributed by atoms with Gasteiger partial charge in [-0.05, 0) is 44.9 Å². The van der Waals surface area contributed by atoms with Crippen LogP contribution in [0.25, 0.3) is 16.6 Å². The number of amides is 1. The number of halogens is 1. The molecule has 236 valence electrons. The van der Waals surface area contributed by atoms with Crippen molar-refractivity contribution in [2.75, 3.05) is 38.1 Å². The molecule has 2 aromatic carbocycles. The SMILES string of the molecule is COc1ccc(CNc2nc3cc(OC)c(F)cc3c3nc(C4CCCN(c5cnn(CC(C)(C)O)c5)C4=O)nn23)c(OC)c1. The van der Waals surface area contributed by atoms with Crippen LogP contribution in [0.4, 0.5) is 16.0 Å². The molecule has 1 fully saturated rings. The number of hydrogen-bond donors (Lipinski definition) is 2. The number of methoxy groups -OCH3 is 3. The zero-order valence-electron chi connectivity index (χ0n) is 25.7. The van der Waals surface area contributed by atoms with Crippen molar-refractivity contribution in [2.45, 2.75) is 51.3 Å². The summed E-state index contributed by atoms with van der Waals surface area (Å²) in [5.41, 5.74) is 1.31. The Labute approximate surface area is 258 Å². The molecule has 45 heavy (non-hydrogen) atoms. The number of nitrogens with zero attached hydrogens (tertiary/aromatic N) is 7. The van der Waals surface area contributed by atoms with Gasteiger partial charge in [0.15, 0.2) is 23.0 Å². The normalized spacial score (nSPS) is 15.6. The number of benzene rings is 2. The topological polar surface area (TPSA) is 141 Å². The standard InChI is InChI=1S/C31H35FN8O5/c1-31(2,42)17-38-16-19(15-34-38)39-10-6-7-21(29(39)41)27-36-28-22-12-23(32)26(45-5)13-24(22)35-30(40(28)37-27)33-14-18-8-9-20(43-3)11-25(18)44-4/h8-9,11-13,15-16,21,42H,6-7,10,14,17H2,1-5H3,(H,33,35). The first-order valence-electron chi connectivity index (χ1n) is 14.5. The Bertz CT molecular complexity index is 1880. The third-order valence-electron chi connectivity index (χ3n) is 7.72. The van der Waals surface area contributed by atoms with E-state index in [1.807, 2.05) is 12.1 Å². The summed E-state index contributed by atoms with van der Waals surface area (Å²) in [6.45, 7) is 4.51.